The summed E-state index contributed by atoms with van der Waals surface area (Å²) in [6.45, 7) is 5.77. The number of ether oxygens (including phenoxy) is 1. The first-order valence-electron chi connectivity index (χ1n) is 11.9. The molecule has 1 aliphatic heterocycles. The molecule has 0 saturated carbocycles. The van der Waals surface area contributed by atoms with Crippen LogP contribution in [0.2, 0.25) is 0 Å². The van der Waals surface area contributed by atoms with Crippen LogP contribution in [0.25, 0.3) is 10.9 Å². The second-order valence-corrected chi connectivity index (χ2v) is 9.06. The van der Waals surface area contributed by atoms with Crippen molar-refractivity contribution in [2.75, 3.05) is 44.1 Å². The Kier molecular flexibility index (Phi) is 8.94. The Bertz CT molecular complexity index is 1130. The van der Waals surface area contributed by atoms with Crippen molar-refractivity contribution in [1.29, 1.82) is 0 Å². The van der Waals surface area contributed by atoms with Gasteiger partial charge in [-0.05, 0) is 61.7 Å². The van der Waals surface area contributed by atoms with Crippen LogP contribution in [0.3, 0.4) is 0 Å². The van der Waals surface area contributed by atoms with Crippen molar-refractivity contribution in [3.05, 3.63) is 66.4 Å². The number of para-hydroxylation sites is 1. The van der Waals surface area contributed by atoms with E-state index in [1.165, 1.54) is 11.9 Å². The summed E-state index contributed by atoms with van der Waals surface area (Å²) in [5, 5.41) is 3.22. The van der Waals surface area contributed by atoms with E-state index in [0.717, 1.165) is 41.0 Å². The SMILES string of the molecule is CCOC(=O)CCCNN1CCN(C(=O)c2ccc(NSc3cccc4cccnc34)cc2)CC1. The Morgan fingerprint density at radius 3 is 2.57 bits per heavy atom. The molecule has 0 unspecified atom stereocenters. The van der Waals surface area contributed by atoms with Gasteiger partial charge in [-0.25, -0.2) is 5.01 Å². The van der Waals surface area contributed by atoms with E-state index in [0.29, 0.717) is 38.2 Å². The molecule has 3 aromatic rings. The van der Waals surface area contributed by atoms with E-state index >= 15 is 0 Å². The predicted molar refractivity (Wildman–Crippen MR) is 139 cm³/mol. The van der Waals surface area contributed by atoms with Crippen LogP contribution in [-0.4, -0.2) is 66.1 Å². The second kappa shape index (κ2) is 12.5. The number of pyridine rings is 1. The summed E-state index contributed by atoms with van der Waals surface area (Å²) in [5.41, 5.74) is 5.91. The number of hydrogen-bond acceptors (Lipinski definition) is 8. The van der Waals surface area contributed by atoms with E-state index in [9.17, 15) is 9.59 Å². The average Bonchev–Trinajstić information content (AvgIpc) is 2.90. The molecule has 1 saturated heterocycles. The highest BCUT2D eigenvalue weighted by Gasteiger charge is 2.22. The lowest BCUT2D eigenvalue weighted by molar-refractivity contribution is -0.143. The number of carbonyl (C=O) groups is 2. The summed E-state index contributed by atoms with van der Waals surface area (Å²) >= 11 is 1.51. The van der Waals surface area contributed by atoms with Crippen molar-refractivity contribution in [3.8, 4) is 0 Å². The number of esters is 1. The van der Waals surface area contributed by atoms with Gasteiger partial charge in [-0.1, -0.05) is 18.2 Å². The Hall–Kier alpha value is -3.14. The molecular formula is C26H31N5O3S. The minimum Gasteiger partial charge on any atom is -0.466 e. The third-order valence-electron chi connectivity index (χ3n) is 5.77. The van der Waals surface area contributed by atoms with Gasteiger partial charge in [0.25, 0.3) is 5.91 Å². The molecule has 184 valence electrons. The highest BCUT2D eigenvalue weighted by molar-refractivity contribution is 8.00. The zero-order chi connectivity index (χ0) is 24.5. The number of nitrogens with zero attached hydrogens (tertiary/aromatic N) is 3. The fourth-order valence-corrected chi connectivity index (χ4v) is 4.68. The van der Waals surface area contributed by atoms with E-state index in [-0.39, 0.29) is 11.9 Å². The van der Waals surface area contributed by atoms with E-state index in [1.54, 1.807) is 6.20 Å². The lowest BCUT2D eigenvalue weighted by Crippen LogP contribution is -2.53. The number of anilines is 1. The van der Waals surface area contributed by atoms with Gasteiger partial charge in [-0.15, -0.1) is 0 Å². The normalized spacial score (nSPS) is 14.1. The first-order valence-corrected chi connectivity index (χ1v) is 12.8. The summed E-state index contributed by atoms with van der Waals surface area (Å²) < 4.78 is 8.29. The number of nitrogens with one attached hydrogen (secondary N) is 2. The molecule has 1 aromatic heterocycles. The number of aromatic nitrogens is 1. The maximum atomic E-state index is 12.9. The van der Waals surface area contributed by atoms with Crippen molar-refractivity contribution in [3.63, 3.8) is 0 Å². The number of hydrazine groups is 1. The van der Waals surface area contributed by atoms with E-state index in [2.05, 4.69) is 32.3 Å². The first kappa shape index (κ1) is 25.0. The number of piperazine rings is 1. The maximum Gasteiger partial charge on any atom is 0.305 e. The summed E-state index contributed by atoms with van der Waals surface area (Å²) in [4.78, 5) is 31.8. The molecule has 9 heteroatoms. The Labute approximate surface area is 210 Å². The Morgan fingerprint density at radius 2 is 1.80 bits per heavy atom. The molecule has 1 aliphatic rings. The number of hydrogen-bond donors (Lipinski definition) is 2. The van der Waals surface area contributed by atoms with Gasteiger partial charge in [0, 0.05) is 62.0 Å². The van der Waals surface area contributed by atoms with Gasteiger partial charge >= 0.3 is 5.97 Å². The minimum absolute atomic E-state index is 0.0458. The smallest absolute Gasteiger partial charge is 0.305 e. The molecule has 35 heavy (non-hydrogen) atoms. The van der Waals surface area contributed by atoms with Crippen LogP contribution in [0, 0.1) is 0 Å². The van der Waals surface area contributed by atoms with Gasteiger partial charge in [0.2, 0.25) is 0 Å². The summed E-state index contributed by atoms with van der Waals surface area (Å²) in [5.74, 6) is -0.112. The van der Waals surface area contributed by atoms with Gasteiger partial charge in [-0.2, -0.15) is 0 Å². The molecule has 2 N–H and O–H groups in total. The van der Waals surface area contributed by atoms with E-state index in [1.807, 2.05) is 54.3 Å². The first-order chi connectivity index (χ1) is 17.1. The molecule has 4 rings (SSSR count). The second-order valence-electron chi connectivity index (χ2n) is 8.21. The van der Waals surface area contributed by atoms with E-state index in [4.69, 9.17) is 4.74 Å². The molecule has 2 aromatic carbocycles. The van der Waals surface area contributed by atoms with Crippen LogP contribution in [0.1, 0.15) is 30.1 Å². The fourth-order valence-electron chi connectivity index (χ4n) is 3.91. The van der Waals surface area contributed by atoms with Crippen LogP contribution in [0.15, 0.2) is 65.7 Å². The molecule has 1 amide bonds. The Morgan fingerprint density at radius 1 is 1.03 bits per heavy atom. The summed E-state index contributed by atoms with van der Waals surface area (Å²) in [6.07, 6.45) is 2.95. The zero-order valence-corrected chi connectivity index (χ0v) is 20.7. The average molecular weight is 494 g/mol. The molecule has 0 bridgehead atoms. The third-order valence-corrected chi connectivity index (χ3v) is 6.66. The highest BCUT2D eigenvalue weighted by atomic mass is 32.2. The van der Waals surface area contributed by atoms with Gasteiger partial charge in [0.15, 0.2) is 0 Å². The number of amides is 1. The van der Waals surface area contributed by atoms with Gasteiger partial charge in [0.05, 0.1) is 17.0 Å². The van der Waals surface area contributed by atoms with Gasteiger partial charge in [-0.3, -0.25) is 20.0 Å². The van der Waals surface area contributed by atoms with Gasteiger partial charge in [0.1, 0.15) is 0 Å². The summed E-state index contributed by atoms with van der Waals surface area (Å²) in [6, 6.07) is 17.7. The molecule has 0 spiro atoms. The predicted octanol–water partition coefficient (Wildman–Crippen LogP) is 3.96. The molecule has 2 heterocycles. The van der Waals surface area contributed by atoms with Gasteiger partial charge < -0.3 is 14.4 Å². The van der Waals surface area contributed by atoms with Crippen LogP contribution in [0.4, 0.5) is 5.69 Å². The monoisotopic (exact) mass is 493 g/mol. The maximum absolute atomic E-state index is 12.9. The number of benzene rings is 2. The Balaban J connectivity index is 1.22. The largest absolute Gasteiger partial charge is 0.466 e. The van der Waals surface area contributed by atoms with Crippen LogP contribution < -0.4 is 10.1 Å². The van der Waals surface area contributed by atoms with Crippen molar-refractivity contribution in [2.24, 2.45) is 0 Å². The molecule has 0 aliphatic carbocycles. The van der Waals surface area contributed by atoms with Crippen LogP contribution in [0.5, 0.6) is 0 Å². The number of rotatable bonds is 10. The van der Waals surface area contributed by atoms with Crippen molar-refractivity contribution in [1.82, 2.24) is 20.3 Å². The topological polar surface area (TPSA) is 86.8 Å². The quantitative estimate of drug-likeness (QED) is 0.249. The standard InChI is InChI=1S/C26H31N5O3S/c1-2-34-24(32)9-5-15-28-31-18-16-30(17-19-31)26(33)21-10-12-22(13-11-21)29-35-23-8-3-6-20-7-4-14-27-25(20)23/h3-4,6-8,10-14,28-29H,2,5,9,15-19H2,1H3. The lowest BCUT2D eigenvalue weighted by Gasteiger charge is -2.35. The third kappa shape index (κ3) is 6.94. The van der Waals surface area contributed by atoms with E-state index < -0.39 is 0 Å². The number of fused-ring (bicyclic) bond motifs is 1. The summed E-state index contributed by atoms with van der Waals surface area (Å²) in [7, 11) is 0. The van der Waals surface area contributed by atoms with Crippen molar-refractivity contribution in [2.45, 2.75) is 24.7 Å². The molecule has 8 nitrogen and oxygen atoms in total. The molecule has 0 radical (unpaired) electrons. The molecule has 0 atom stereocenters. The highest BCUT2D eigenvalue weighted by Crippen LogP contribution is 2.27. The zero-order valence-electron chi connectivity index (χ0n) is 19.9. The van der Waals surface area contributed by atoms with Crippen LogP contribution in [-0.2, 0) is 9.53 Å². The van der Waals surface area contributed by atoms with Crippen LogP contribution >= 0.6 is 11.9 Å². The molecule has 1 fully saturated rings. The lowest BCUT2D eigenvalue weighted by atomic mass is 10.1. The fraction of sp³-hybridized carbons (Fsp3) is 0.346. The molecular weight excluding hydrogens is 462 g/mol. The van der Waals surface area contributed by atoms with Crippen molar-refractivity contribution >= 4 is 40.4 Å². The minimum atomic E-state index is -0.157. The van der Waals surface area contributed by atoms with Crippen molar-refractivity contribution < 1.29 is 14.3 Å². The number of carbonyl (C=O) groups excluding carboxylic acids is 2.